The van der Waals surface area contributed by atoms with Gasteiger partial charge in [-0.3, -0.25) is 0 Å². The summed E-state index contributed by atoms with van der Waals surface area (Å²) in [5, 5.41) is 22.4. The van der Waals surface area contributed by atoms with Crippen molar-refractivity contribution in [1.29, 1.82) is 0 Å². The summed E-state index contributed by atoms with van der Waals surface area (Å²) >= 11 is 0. The minimum absolute atomic E-state index is 0.0749. The van der Waals surface area contributed by atoms with E-state index in [-0.39, 0.29) is 36.8 Å². The molecule has 182 valence electrons. The first-order valence-corrected chi connectivity index (χ1v) is 12.5. The molecule has 1 aliphatic carbocycles. The fourth-order valence-electron chi connectivity index (χ4n) is 4.75. The van der Waals surface area contributed by atoms with E-state index in [2.05, 4.69) is 5.16 Å². The fourth-order valence-corrected chi connectivity index (χ4v) is 6.20. The number of fused-ring (bicyclic) bond motifs is 3. The maximum Gasteiger partial charge on any atom is 0.243 e. The molecule has 2 aliphatic rings. The molecule has 7 nitrogen and oxygen atoms in total. The second-order valence-electron chi connectivity index (χ2n) is 8.61. The first kappa shape index (κ1) is 23.4. The molecule has 0 saturated carbocycles. The monoisotopic (exact) mass is 499 g/mol. The van der Waals surface area contributed by atoms with Crippen LogP contribution in [0.2, 0.25) is 0 Å². The molecule has 0 atom stereocenters. The SMILES string of the molecule is Cc1ccc2c(c1)/C(=N/O)c1cc(S(=O)(=O)N3CCN(c4ccc(F)c(CO)c4F)CC3)ccc1-2. The lowest BCUT2D eigenvalue weighted by Crippen LogP contribution is -2.49. The van der Waals surface area contributed by atoms with Crippen molar-refractivity contribution in [3.8, 4) is 11.1 Å². The predicted molar refractivity (Wildman–Crippen MR) is 127 cm³/mol. The normalized spacial score (nSPS) is 17.0. The van der Waals surface area contributed by atoms with Gasteiger partial charge in [0.2, 0.25) is 10.0 Å². The molecule has 0 radical (unpaired) electrons. The van der Waals surface area contributed by atoms with Gasteiger partial charge in [0.05, 0.1) is 22.8 Å². The molecule has 2 N–H and O–H groups in total. The van der Waals surface area contributed by atoms with Gasteiger partial charge in [-0.15, -0.1) is 0 Å². The van der Waals surface area contributed by atoms with Gasteiger partial charge >= 0.3 is 0 Å². The molecular formula is C25H23F2N3O4S. The summed E-state index contributed by atoms with van der Waals surface area (Å²) in [7, 11) is -3.87. The number of benzene rings is 3. The second kappa shape index (κ2) is 8.71. The molecule has 5 rings (SSSR count). The molecule has 3 aromatic carbocycles. The van der Waals surface area contributed by atoms with Gasteiger partial charge in [0.15, 0.2) is 5.82 Å². The number of piperazine rings is 1. The van der Waals surface area contributed by atoms with Crippen LogP contribution in [0.15, 0.2) is 58.6 Å². The number of rotatable bonds is 4. The summed E-state index contributed by atoms with van der Waals surface area (Å²) in [6.45, 7) is 1.77. The van der Waals surface area contributed by atoms with Crippen molar-refractivity contribution in [2.24, 2.45) is 5.16 Å². The van der Waals surface area contributed by atoms with Crippen LogP contribution < -0.4 is 4.90 Å². The number of sulfonamides is 1. The zero-order valence-electron chi connectivity index (χ0n) is 18.9. The van der Waals surface area contributed by atoms with E-state index in [1.807, 2.05) is 25.1 Å². The molecule has 0 aromatic heterocycles. The molecule has 1 heterocycles. The lowest BCUT2D eigenvalue weighted by atomic mass is 10.0. The molecule has 1 fully saturated rings. The second-order valence-corrected chi connectivity index (χ2v) is 10.6. The number of oxime groups is 1. The van der Waals surface area contributed by atoms with Crippen molar-refractivity contribution in [3.63, 3.8) is 0 Å². The molecule has 10 heteroatoms. The van der Waals surface area contributed by atoms with Gasteiger partial charge in [-0.25, -0.2) is 17.2 Å². The largest absolute Gasteiger partial charge is 0.410 e. The number of nitrogens with zero attached hydrogens (tertiary/aromatic N) is 3. The van der Waals surface area contributed by atoms with Gasteiger partial charge in [0, 0.05) is 37.3 Å². The van der Waals surface area contributed by atoms with Crippen molar-refractivity contribution >= 4 is 21.4 Å². The maximum atomic E-state index is 14.6. The Morgan fingerprint density at radius 1 is 0.914 bits per heavy atom. The quantitative estimate of drug-likeness (QED) is 0.331. The van der Waals surface area contributed by atoms with Crippen molar-refractivity contribution in [2.45, 2.75) is 18.4 Å². The number of anilines is 1. The molecule has 35 heavy (non-hydrogen) atoms. The fraction of sp³-hybridized carbons (Fsp3) is 0.240. The highest BCUT2D eigenvalue weighted by atomic mass is 32.2. The van der Waals surface area contributed by atoms with Crippen LogP contribution in [-0.4, -0.2) is 54.9 Å². The van der Waals surface area contributed by atoms with E-state index in [0.717, 1.165) is 28.3 Å². The van der Waals surface area contributed by atoms with E-state index in [0.29, 0.717) is 11.3 Å². The predicted octanol–water partition coefficient (Wildman–Crippen LogP) is 3.48. The molecule has 3 aromatic rings. The van der Waals surface area contributed by atoms with Gasteiger partial charge in [-0.2, -0.15) is 4.31 Å². The maximum absolute atomic E-state index is 14.6. The summed E-state index contributed by atoms with van der Waals surface area (Å²) in [4.78, 5) is 1.71. The highest BCUT2D eigenvalue weighted by Gasteiger charge is 2.33. The Hall–Kier alpha value is -3.34. The van der Waals surface area contributed by atoms with E-state index in [1.54, 1.807) is 11.0 Å². The van der Waals surface area contributed by atoms with Crippen molar-refractivity contribution in [2.75, 3.05) is 31.1 Å². The summed E-state index contributed by atoms with van der Waals surface area (Å²) in [6, 6.07) is 12.9. The van der Waals surface area contributed by atoms with Gasteiger partial charge < -0.3 is 15.2 Å². The Bertz CT molecular complexity index is 1470. The lowest BCUT2D eigenvalue weighted by Gasteiger charge is -2.35. The van der Waals surface area contributed by atoms with E-state index in [1.165, 1.54) is 22.5 Å². The van der Waals surface area contributed by atoms with Gasteiger partial charge in [-0.05, 0) is 48.4 Å². The number of aliphatic hydroxyl groups is 1. The van der Waals surface area contributed by atoms with Gasteiger partial charge in [0.1, 0.15) is 11.5 Å². The minimum Gasteiger partial charge on any atom is -0.410 e. The van der Waals surface area contributed by atoms with Crippen LogP contribution in [0, 0.1) is 18.6 Å². The van der Waals surface area contributed by atoms with Gasteiger partial charge in [-0.1, -0.05) is 28.9 Å². The summed E-state index contributed by atoms with van der Waals surface area (Å²) in [6.07, 6.45) is 0. The highest BCUT2D eigenvalue weighted by Crippen LogP contribution is 2.39. The topological polar surface area (TPSA) is 93.4 Å². The summed E-state index contributed by atoms with van der Waals surface area (Å²) in [5.74, 6) is -1.66. The Kier molecular flexibility index (Phi) is 5.82. The molecule has 1 aliphatic heterocycles. The Morgan fingerprint density at radius 3 is 2.23 bits per heavy atom. The third-order valence-electron chi connectivity index (χ3n) is 6.61. The average Bonchev–Trinajstić information content (AvgIpc) is 3.16. The van der Waals surface area contributed by atoms with Crippen LogP contribution >= 0.6 is 0 Å². The van der Waals surface area contributed by atoms with Crippen LogP contribution in [0.3, 0.4) is 0 Å². The first-order chi connectivity index (χ1) is 16.8. The van der Waals surface area contributed by atoms with E-state index < -0.39 is 33.8 Å². The van der Waals surface area contributed by atoms with Crippen LogP contribution in [0.1, 0.15) is 22.3 Å². The van der Waals surface area contributed by atoms with Gasteiger partial charge in [0.25, 0.3) is 0 Å². The van der Waals surface area contributed by atoms with E-state index in [4.69, 9.17) is 0 Å². The number of halogens is 2. The number of aryl methyl sites for hydroxylation is 1. The zero-order chi connectivity index (χ0) is 24.9. The van der Waals surface area contributed by atoms with Crippen LogP contribution in [0.4, 0.5) is 14.5 Å². The number of hydrogen-bond acceptors (Lipinski definition) is 6. The third-order valence-corrected chi connectivity index (χ3v) is 8.50. The van der Waals surface area contributed by atoms with Crippen LogP contribution in [0.25, 0.3) is 11.1 Å². The van der Waals surface area contributed by atoms with Crippen LogP contribution in [0.5, 0.6) is 0 Å². The smallest absolute Gasteiger partial charge is 0.243 e. The van der Waals surface area contributed by atoms with Crippen molar-refractivity contribution in [1.82, 2.24) is 4.31 Å². The number of aliphatic hydroxyl groups excluding tert-OH is 1. The molecule has 1 saturated heterocycles. The Balaban J connectivity index is 1.40. The minimum atomic E-state index is -3.87. The van der Waals surface area contributed by atoms with Crippen molar-refractivity contribution < 1.29 is 27.5 Å². The molecule has 0 unspecified atom stereocenters. The van der Waals surface area contributed by atoms with Crippen LogP contribution in [-0.2, 0) is 16.6 Å². The van der Waals surface area contributed by atoms with Crippen molar-refractivity contribution in [3.05, 3.63) is 82.4 Å². The molecule has 0 spiro atoms. The molecular weight excluding hydrogens is 476 g/mol. The first-order valence-electron chi connectivity index (χ1n) is 11.1. The Labute approximate surface area is 201 Å². The third kappa shape index (κ3) is 3.78. The zero-order valence-corrected chi connectivity index (χ0v) is 19.7. The number of hydrogen-bond donors (Lipinski definition) is 2. The summed E-state index contributed by atoms with van der Waals surface area (Å²) in [5.41, 5.74) is 3.99. The lowest BCUT2D eigenvalue weighted by molar-refractivity contribution is 0.269. The average molecular weight is 500 g/mol. The standard InChI is InChI=1S/C25H23F2N3O4S/c1-15-2-4-17-18-5-3-16(13-20(18)25(28-32)19(17)12-15)35(33,34)30-10-8-29(9-11-30)23-7-6-22(26)21(14-31)24(23)27/h2-7,12-13,31-32H,8-11,14H2,1H3/b28-25-. The Morgan fingerprint density at radius 2 is 1.57 bits per heavy atom. The van der Waals surface area contributed by atoms with E-state index >= 15 is 0 Å². The van der Waals surface area contributed by atoms with E-state index in [9.17, 15) is 27.5 Å². The summed E-state index contributed by atoms with van der Waals surface area (Å²) < 4.78 is 56.5. The highest BCUT2D eigenvalue weighted by molar-refractivity contribution is 7.89. The molecule has 0 amide bonds. The molecule has 0 bridgehead atoms.